The third kappa shape index (κ3) is 4.62. The van der Waals surface area contributed by atoms with E-state index in [2.05, 4.69) is 19.4 Å². The van der Waals surface area contributed by atoms with Gasteiger partial charge in [0.1, 0.15) is 6.04 Å². The van der Waals surface area contributed by atoms with Crippen LogP contribution < -0.4 is 10.6 Å². The van der Waals surface area contributed by atoms with Crippen LogP contribution in [0.15, 0.2) is 48.5 Å². The maximum absolute atomic E-state index is 13.6. The number of alkyl halides is 3. The number of amides is 1. The lowest BCUT2D eigenvalue weighted by Crippen LogP contribution is -2.28. The highest BCUT2D eigenvalue weighted by Gasteiger charge is 2.41. The lowest BCUT2D eigenvalue weighted by Gasteiger charge is -2.22. The number of halogens is 3. The summed E-state index contributed by atoms with van der Waals surface area (Å²) >= 11 is 0.705. The van der Waals surface area contributed by atoms with Crippen LogP contribution in [0.5, 0.6) is 5.75 Å². The third-order valence-electron chi connectivity index (χ3n) is 4.16. The summed E-state index contributed by atoms with van der Waals surface area (Å²) < 4.78 is 48.8. The minimum absolute atomic E-state index is 0.00469. The predicted octanol–water partition coefficient (Wildman–Crippen LogP) is 4.40. The minimum atomic E-state index is -4.58. The van der Waals surface area contributed by atoms with Crippen molar-refractivity contribution in [2.24, 2.45) is 0 Å². The number of aromatic hydroxyl groups is 1. The normalized spacial score (nSPS) is 12.3. The molecule has 0 fully saturated rings. The van der Waals surface area contributed by atoms with Gasteiger partial charge in [0.15, 0.2) is 17.4 Å². The molecule has 3 N–H and O–H groups in total. The van der Waals surface area contributed by atoms with E-state index in [0.29, 0.717) is 11.7 Å². The Morgan fingerprint density at radius 2 is 1.73 bits per heavy atom. The Morgan fingerprint density at radius 3 is 2.37 bits per heavy atom. The SMILES string of the molecule is CN(C)C(=O)c1cccc(Nc2nsnc2N[C@@H](c2ccccc2)C(F)(F)F)c1O. The third-order valence-corrected chi connectivity index (χ3v) is 4.68. The first-order chi connectivity index (χ1) is 14.2. The van der Waals surface area contributed by atoms with E-state index in [0.717, 1.165) is 0 Å². The van der Waals surface area contributed by atoms with Crippen molar-refractivity contribution in [1.29, 1.82) is 0 Å². The van der Waals surface area contributed by atoms with Crippen molar-refractivity contribution in [3.8, 4) is 5.75 Å². The summed E-state index contributed by atoms with van der Waals surface area (Å²) in [5.74, 6) is -0.900. The Balaban J connectivity index is 1.89. The van der Waals surface area contributed by atoms with Crippen molar-refractivity contribution >= 4 is 35.0 Å². The Bertz CT molecular complexity index is 1020. The number of carbonyl (C=O) groups is 1. The number of para-hydroxylation sites is 1. The van der Waals surface area contributed by atoms with E-state index in [-0.39, 0.29) is 34.2 Å². The van der Waals surface area contributed by atoms with Crippen LogP contribution in [-0.2, 0) is 0 Å². The quantitative estimate of drug-likeness (QED) is 0.495. The van der Waals surface area contributed by atoms with Gasteiger partial charge >= 0.3 is 6.18 Å². The Kier molecular flexibility index (Phi) is 6.11. The number of benzene rings is 2. The first-order valence-corrected chi connectivity index (χ1v) is 9.43. The molecule has 1 atom stereocenters. The van der Waals surface area contributed by atoms with E-state index in [9.17, 15) is 23.1 Å². The molecule has 0 unspecified atom stereocenters. The molecule has 7 nitrogen and oxygen atoms in total. The second-order valence-corrected chi connectivity index (χ2v) is 7.05. The standard InChI is InChI=1S/C19H18F3N5O2S/c1-27(2)18(29)12-9-6-10-13(14(12)28)23-16-17(26-30-25-16)24-15(19(20,21)22)11-7-4-3-5-8-11/h3-10,15,28H,1-2H3,(H,23,25)(H,24,26)/t15-/m0/s1. The molecule has 1 amide bonds. The van der Waals surface area contributed by atoms with Gasteiger partial charge in [-0.25, -0.2) is 0 Å². The van der Waals surface area contributed by atoms with Crippen molar-refractivity contribution in [1.82, 2.24) is 13.6 Å². The zero-order valence-electron chi connectivity index (χ0n) is 15.9. The number of phenols is 1. The number of hydrogen-bond acceptors (Lipinski definition) is 7. The van der Waals surface area contributed by atoms with Crippen LogP contribution in [0.2, 0.25) is 0 Å². The van der Waals surface area contributed by atoms with Crippen molar-refractivity contribution in [2.75, 3.05) is 24.7 Å². The molecule has 0 aliphatic heterocycles. The molecule has 0 saturated heterocycles. The van der Waals surface area contributed by atoms with E-state index < -0.39 is 18.1 Å². The van der Waals surface area contributed by atoms with E-state index in [1.807, 2.05) is 0 Å². The summed E-state index contributed by atoms with van der Waals surface area (Å²) in [6, 6.07) is 9.82. The zero-order valence-corrected chi connectivity index (χ0v) is 16.8. The molecule has 158 valence electrons. The van der Waals surface area contributed by atoms with E-state index in [1.54, 1.807) is 6.07 Å². The number of rotatable bonds is 6. The second-order valence-electron chi connectivity index (χ2n) is 6.52. The number of nitrogens with one attached hydrogen (secondary N) is 2. The summed E-state index contributed by atoms with van der Waals surface area (Å²) in [5.41, 5.74) is 0.173. The van der Waals surface area contributed by atoms with Gasteiger partial charge in [-0.1, -0.05) is 36.4 Å². The molecule has 0 aliphatic carbocycles. The number of phenolic OH excluding ortho intramolecular Hbond substituents is 1. The van der Waals surface area contributed by atoms with Gasteiger partial charge in [-0.05, 0) is 17.7 Å². The first-order valence-electron chi connectivity index (χ1n) is 8.70. The first kappa shape index (κ1) is 21.4. The molecule has 3 aromatic rings. The van der Waals surface area contributed by atoms with Crippen LogP contribution >= 0.6 is 11.7 Å². The fraction of sp³-hybridized carbons (Fsp3) is 0.211. The minimum Gasteiger partial charge on any atom is -0.505 e. The zero-order chi connectivity index (χ0) is 21.9. The van der Waals surface area contributed by atoms with Gasteiger partial charge in [0.2, 0.25) is 0 Å². The molecule has 1 heterocycles. The van der Waals surface area contributed by atoms with Crippen LogP contribution in [0, 0.1) is 0 Å². The fourth-order valence-electron chi connectivity index (χ4n) is 2.69. The van der Waals surface area contributed by atoms with Crippen LogP contribution in [-0.4, -0.2) is 44.9 Å². The molecule has 3 rings (SSSR count). The van der Waals surface area contributed by atoms with Crippen LogP contribution in [0.1, 0.15) is 22.0 Å². The highest BCUT2D eigenvalue weighted by molar-refractivity contribution is 6.99. The second kappa shape index (κ2) is 8.57. The maximum Gasteiger partial charge on any atom is 0.412 e. The summed E-state index contributed by atoms with van der Waals surface area (Å²) in [7, 11) is 3.07. The average Bonchev–Trinajstić information content (AvgIpc) is 3.13. The molecule has 0 saturated carbocycles. The van der Waals surface area contributed by atoms with Crippen molar-refractivity contribution < 1.29 is 23.1 Å². The summed E-state index contributed by atoms with van der Waals surface area (Å²) in [6.07, 6.45) is -4.58. The number of nitrogens with zero attached hydrogens (tertiary/aromatic N) is 3. The molecule has 1 aromatic heterocycles. The van der Waals surface area contributed by atoms with Crippen LogP contribution in [0.3, 0.4) is 0 Å². The van der Waals surface area contributed by atoms with Gasteiger partial charge in [0, 0.05) is 14.1 Å². The summed E-state index contributed by atoms with van der Waals surface area (Å²) in [6.45, 7) is 0. The Hall–Kier alpha value is -3.34. The number of carbonyl (C=O) groups excluding carboxylic acids is 1. The number of anilines is 3. The molecular weight excluding hydrogens is 419 g/mol. The lowest BCUT2D eigenvalue weighted by atomic mass is 10.1. The summed E-state index contributed by atoms with van der Waals surface area (Å²) in [5, 5.41) is 15.6. The van der Waals surface area contributed by atoms with Crippen molar-refractivity contribution in [2.45, 2.75) is 12.2 Å². The van der Waals surface area contributed by atoms with Crippen LogP contribution in [0.25, 0.3) is 0 Å². The van der Waals surface area contributed by atoms with E-state index in [1.165, 1.54) is 61.5 Å². The molecule has 0 aliphatic rings. The Labute approximate surface area is 174 Å². The largest absolute Gasteiger partial charge is 0.505 e. The molecule has 2 aromatic carbocycles. The molecular formula is C19H18F3N5O2S. The van der Waals surface area contributed by atoms with E-state index >= 15 is 0 Å². The van der Waals surface area contributed by atoms with Gasteiger partial charge < -0.3 is 20.6 Å². The molecule has 30 heavy (non-hydrogen) atoms. The molecule has 0 bridgehead atoms. The van der Waals surface area contributed by atoms with Gasteiger partial charge in [-0.3, -0.25) is 4.79 Å². The van der Waals surface area contributed by atoms with Gasteiger partial charge in [-0.15, -0.1) is 0 Å². The monoisotopic (exact) mass is 437 g/mol. The predicted molar refractivity (Wildman–Crippen MR) is 108 cm³/mol. The van der Waals surface area contributed by atoms with Crippen molar-refractivity contribution in [3.05, 3.63) is 59.7 Å². The maximum atomic E-state index is 13.6. The number of hydrogen-bond donors (Lipinski definition) is 3. The lowest BCUT2D eigenvalue weighted by molar-refractivity contribution is -0.144. The van der Waals surface area contributed by atoms with Crippen LogP contribution in [0.4, 0.5) is 30.5 Å². The molecule has 0 radical (unpaired) electrons. The highest BCUT2D eigenvalue weighted by Crippen LogP contribution is 2.38. The average molecular weight is 437 g/mol. The van der Waals surface area contributed by atoms with Crippen molar-refractivity contribution in [3.63, 3.8) is 0 Å². The van der Waals surface area contributed by atoms with Gasteiger partial charge in [0.25, 0.3) is 5.91 Å². The Morgan fingerprint density at radius 1 is 1.07 bits per heavy atom. The van der Waals surface area contributed by atoms with Gasteiger partial charge in [0.05, 0.1) is 23.0 Å². The highest BCUT2D eigenvalue weighted by atomic mass is 32.1. The molecule has 11 heteroatoms. The fourth-order valence-corrected chi connectivity index (χ4v) is 3.16. The van der Waals surface area contributed by atoms with Gasteiger partial charge in [-0.2, -0.15) is 21.9 Å². The number of aromatic nitrogens is 2. The summed E-state index contributed by atoms with van der Waals surface area (Å²) in [4.78, 5) is 13.5. The van der Waals surface area contributed by atoms with E-state index in [4.69, 9.17) is 0 Å². The topological polar surface area (TPSA) is 90.4 Å². The molecule has 0 spiro atoms. The smallest absolute Gasteiger partial charge is 0.412 e.